The number of nitrogens with zero attached hydrogens (tertiary/aromatic N) is 1. The van der Waals surface area contributed by atoms with Crippen LogP contribution in [0.5, 0.6) is 57.5 Å². The van der Waals surface area contributed by atoms with Crippen molar-refractivity contribution in [3.63, 3.8) is 0 Å². The minimum atomic E-state index is -4.65. The summed E-state index contributed by atoms with van der Waals surface area (Å²) < 4.78 is 51.9. The molecule has 0 spiro atoms. The van der Waals surface area contributed by atoms with E-state index in [9.17, 15) is 54.4 Å². The molecule has 0 saturated heterocycles. The van der Waals surface area contributed by atoms with Crippen LogP contribution in [0.2, 0.25) is 0 Å². The summed E-state index contributed by atoms with van der Waals surface area (Å²) in [6.45, 7) is -0.122. The molecule has 2 aliphatic rings. The summed E-state index contributed by atoms with van der Waals surface area (Å²) in [5.41, 5.74) is 1.04. The van der Waals surface area contributed by atoms with Crippen molar-refractivity contribution in [1.29, 1.82) is 0 Å². The third kappa shape index (κ3) is 7.66. The fourth-order valence-corrected chi connectivity index (χ4v) is 10.3. The predicted molar refractivity (Wildman–Crippen MR) is 240 cm³/mol. The van der Waals surface area contributed by atoms with E-state index < -0.39 is 86.6 Å². The standard InChI is InChI=1S/C49H44N2O14S/c1-51(2)30-12-6-11-29-28(30)10-7-13-39(29)66(61,62)50-44-42-37(63-23-24-8-4-3-5-9-24)22-36(58)41(49(42)65-48(46(44)60)26-15-17-32(54)34(56)19-26)43-40-35(57)20-27(52)21-38(40)64-47(45(43)59)25-14-16-31(53)33(55)18-25/h3-22,43-48,50,52-60H,23H2,1-2H3/t43-,44+,45-,46-,47-,48-/m1/s1. The molecule has 0 fully saturated rings. The lowest BCUT2D eigenvalue weighted by Gasteiger charge is -2.42. The SMILES string of the molecule is CN(C)c1cccc2c(S(=O)(=O)N[C@H]3c4c(OCc5ccccc5)cc(O)c([C@H]5c6c(O)cc(O)cc6O[C@H](c6ccc(O)c(O)c6)[C@@H]5O)c4O[C@H](c4ccc(O)c(O)c4)[C@@H]3O)cccc12. The fraction of sp³-hybridized carbons (Fsp3) is 0.184. The van der Waals surface area contributed by atoms with Crippen LogP contribution in [0.4, 0.5) is 5.69 Å². The average Bonchev–Trinajstić information content (AvgIpc) is 3.28. The van der Waals surface area contributed by atoms with Crippen LogP contribution in [0.1, 0.15) is 57.5 Å². The first kappa shape index (κ1) is 43.7. The summed E-state index contributed by atoms with van der Waals surface area (Å²) >= 11 is 0. The van der Waals surface area contributed by atoms with Crippen molar-refractivity contribution in [2.24, 2.45) is 0 Å². The highest BCUT2D eigenvalue weighted by Crippen LogP contribution is 2.59. The van der Waals surface area contributed by atoms with Gasteiger partial charge in [0.15, 0.2) is 35.2 Å². The van der Waals surface area contributed by atoms with Crippen molar-refractivity contribution in [2.75, 3.05) is 19.0 Å². The number of phenolic OH excluding ortho intramolecular Hbond substituents is 7. The lowest BCUT2D eigenvalue weighted by atomic mass is 9.77. The number of rotatable bonds is 10. The van der Waals surface area contributed by atoms with Gasteiger partial charge in [0, 0.05) is 59.9 Å². The smallest absolute Gasteiger partial charge is 0.241 e. The van der Waals surface area contributed by atoms with E-state index in [0.717, 1.165) is 36.0 Å². The van der Waals surface area contributed by atoms with Gasteiger partial charge in [0.05, 0.1) is 22.4 Å². The number of anilines is 1. The van der Waals surface area contributed by atoms with Gasteiger partial charge in [0.2, 0.25) is 10.0 Å². The van der Waals surface area contributed by atoms with Gasteiger partial charge in [-0.2, -0.15) is 0 Å². The zero-order valence-electron chi connectivity index (χ0n) is 35.1. The van der Waals surface area contributed by atoms with Crippen LogP contribution >= 0.6 is 0 Å². The van der Waals surface area contributed by atoms with Crippen LogP contribution in [0.3, 0.4) is 0 Å². The van der Waals surface area contributed by atoms with Gasteiger partial charge >= 0.3 is 0 Å². The number of ether oxygens (including phenoxy) is 3. The molecule has 7 aromatic rings. The number of fused-ring (bicyclic) bond motifs is 3. The number of aromatic hydroxyl groups is 7. The molecule has 0 bridgehead atoms. The first-order valence-electron chi connectivity index (χ1n) is 20.6. The highest BCUT2D eigenvalue weighted by Gasteiger charge is 2.49. The van der Waals surface area contributed by atoms with Crippen LogP contribution in [0.25, 0.3) is 10.8 Å². The quantitative estimate of drug-likeness (QED) is 0.0652. The van der Waals surface area contributed by atoms with Gasteiger partial charge in [-0.1, -0.05) is 66.7 Å². The summed E-state index contributed by atoms with van der Waals surface area (Å²) in [7, 11) is -1.01. The van der Waals surface area contributed by atoms with Gasteiger partial charge in [0.25, 0.3) is 0 Å². The number of sulfonamides is 1. The molecule has 6 atom stereocenters. The van der Waals surface area contributed by atoms with Crippen molar-refractivity contribution in [3.8, 4) is 57.5 Å². The number of aliphatic hydroxyl groups is 2. The van der Waals surface area contributed by atoms with E-state index in [4.69, 9.17) is 14.2 Å². The van der Waals surface area contributed by atoms with Gasteiger partial charge in [0.1, 0.15) is 53.3 Å². The summed E-state index contributed by atoms with van der Waals surface area (Å²) in [6, 6.07) is 27.8. The Balaban J connectivity index is 1.30. The molecule has 2 aliphatic heterocycles. The first-order chi connectivity index (χ1) is 31.5. The van der Waals surface area contributed by atoms with Crippen molar-refractivity contribution >= 4 is 26.5 Å². The van der Waals surface area contributed by atoms with E-state index in [0.29, 0.717) is 16.3 Å². The average molecular weight is 917 g/mol. The summed E-state index contributed by atoms with van der Waals surface area (Å²) in [6.07, 6.45) is -6.64. The number of aliphatic hydroxyl groups excluding tert-OH is 2. The summed E-state index contributed by atoms with van der Waals surface area (Å²) in [5.74, 6) is -5.94. The Bertz CT molecular complexity index is 3130. The Morgan fingerprint density at radius 1 is 0.606 bits per heavy atom. The van der Waals surface area contributed by atoms with E-state index in [2.05, 4.69) is 4.72 Å². The van der Waals surface area contributed by atoms with Crippen LogP contribution in [0, 0.1) is 0 Å². The molecule has 0 aromatic heterocycles. The number of benzene rings is 7. The zero-order chi connectivity index (χ0) is 46.8. The Hall–Kier alpha value is -7.57. The van der Waals surface area contributed by atoms with Crippen molar-refractivity contribution < 1.29 is 68.6 Å². The lowest BCUT2D eigenvalue weighted by Crippen LogP contribution is -2.44. The molecule has 9 rings (SSSR count). The Morgan fingerprint density at radius 3 is 1.88 bits per heavy atom. The van der Waals surface area contributed by atoms with E-state index in [1.54, 1.807) is 54.6 Å². The third-order valence-electron chi connectivity index (χ3n) is 11.9. The number of phenols is 7. The Labute approximate surface area is 377 Å². The molecular formula is C49H44N2O14S. The van der Waals surface area contributed by atoms with Gasteiger partial charge in [-0.3, -0.25) is 0 Å². The highest BCUT2D eigenvalue weighted by molar-refractivity contribution is 7.89. The van der Waals surface area contributed by atoms with Gasteiger partial charge in [-0.15, -0.1) is 0 Å². The molecule has 0 radical (unpaired) electrons. The minimum Gasteiger partial charge on any atom is -0.508 e. The molecule has 10 N–H and O–H groups in total. The predicted octanol–water partition coefficient (Wildman–Crippen LogP) is 6.56. The maximum atomic E-state index is 15.0. The van der Waals surface area contributed by atoms with Crippen LogP contribution in [0.15, 0.2) is 126 Å². The zero-order valence-corrected chi connectivity index (χ0v) is 36.0. The number of hydrogen-bond donors (Lipinski definition) is 10. The third-order valence-corrected chi connectivity index (χ3v) is 13.4. The molecule has 7 aromatic carbocycles. The summed E-state index contributed by atoms with van der Waals surface area (Å²) in [4.78, 5) is 1.69. The van der Waals surface area contributed by atoms with Crippen molar-refractivity contribution in [1.82, 2.24) is 4.72 Å². The molecule has 340 valence electrons. The van der Waals surface area contributed by atoms with Crippen molar-refractivity contribution in [2.45, 2.75) is 47.9 Å². The molecule has 16 nitrogen and oxygen atoms in total. The maximum Gasteiger partial charge on any atom is 0.241 e. The van der Waals surface area contributed by atoms with Crippen molar-refractivity contribution in [3.05, 3.63) is 155 Å². The molecule has 2 heterocycles. The molecule has 0 amide bonds. The van der Waals surface area contributed by atoms with E-state index in [-0.39, 0.29) is 56.6 Å². The van der Waals surface area contributed by atoms with Crippen LogP contribution < -0.4 is 23.8 Å². The Morgan fingerprint density at radius 2 is 1.23 bits per heavy atom. The molecule has 66 heavy (non-hydrogen) atoms. The van der Waals surface area contributed by atoms with Gasteiger partial charge in [-0.05, 0) is 53.1 Å². The monoisotopic (exact) mass is 916 g/mol. The Kier molecular flexibility index (Phi) is 11.1. The normalized spacial score (nSPS) is 20.1. The van der Waals surface area contributed by atoms with E-state index in [1.165, 1.54) is 30.3 Å². The molecule has 17 heteroatoms. The number of nitrogens with one attached hydrogen (secondary N) is 1. The van der Waals surface area contributed by atoms with Crippen LogP contribution in [-0.2, 0) is 16.6 Å². The van der Waals surface area contributed by atoms with Gasteiger partial charge < -0.3 is 65.1 Å². The number of hydrogen-bond acceptors (Lipinski definition) is 15. The topological polar surface area (TPSA) is 259 Å². The summed E-state index contributed by atoms with van der Waals surface area (Å²) in [5, 5.41) is 102. The maximum absolute atomic E-state index is 15.0. The highest BCUT2D eigenvalue weighted by atomic mass is 32.2. The second-order valence-corrected chi connectivity index (χ2v) is 18.0. The lowest BCUT2D eigenvalue weighted by molar-refractivity contribution is -0.0106. The van der Waals surface area contributed by atoms with Crippen LogP contribution in [-0.4, -0.2) is 80.7 Å². The van der Waals surface area contributed by atoms with Gasteiger partial charge in [-0.25, -0.2) is 13.1 Å². The molecular weight excluding hydrogens is 873 g/mol. The largest absolute Gasteiger partial charge is 0.508 e. The second kappa shape index (κ2) is 16.8. The molecule has 0 unspecified atom stereocenters. The molecule has 0 aliphatic carbocycles. The minimum absolute atomic E-state index is 0.0487. The van der Waals surface area contributed by atoms with E-state index >= 15 is 0 Å². The van der Waals surface area contributed by atoms with E-state index in [1.807, 2.05) is 25.1 Å². The fourth-order valence-electron chi connectivity index (χ4n) is 8.86. The first-order valence-corrected chi connectivity index (χ1v) is 22.1. The molecule has 0 saturated carbocycles. The second-order valence-electron chi connectivity index (χ2n) is 16.4.